The van der Waals surface area contributed by atoms with Gasteiger partial charge in [-0.2, -0.15) is 0 Å². The van der Waals surface area contributed by atoms with Crippen LogP contribution in [0.4, 0.5) is 5.82 Å². The SMILES string of the molecule is CCCCOCCNc1nc(Cl)ccc1C(=O)O. The second-order valence-corrected chi connectivity index (χ2v) is 4.12. The number of carboxylic acid groups (broad SMARTS) is 1. The van der Waals surface area contributed by atoms with Crippen molar-refractivity contribution in [2.45, 2.75) is 19.8 Å². The van der Waals surface area contributed by atoms with E-state index in [0.717, 1.165) is 12.8 Å². The Morgan fingerprint density at radius 1 is 1.50 bits per heavy atom. The van der Waals surface area contributed by atoms with Crippen LogP contribution in [0.5, 0.6) is 0 Å². The maximum atomic E-state index is 11.0. The first-order valence-electron chi connectivity index (χ1n) is 5.86. The summed E-state index contributed by atoms with van der Waals surface area (Å²) >= 11 is 5.73. The van der Waals surface area contributed by atoms with Crippen molar-refractivity contribution in [3.05, 3.63) is 22.8 Å². The molecule has 0 saturated heterocycles. The number of halogens is 1. The molecule has 0 radical (unpaired) electrons. The number of unbranched alkanes of at least 4 members (excludes halogenated alkanes) is 1. The van der Waals surface area contributed by atoms with Gasteiger partial charge in [-0.3, -0.25) is 0 Å². The molecule has 0 bridgehead atoms. The van der Waals surface area contributed by atoms with Crippen molar-refractivity contribution in [2.75, 3.05) is 25.1 Å². The fraction of sp³-hybridized carbons (Fsp3) is 0.500. The van der Waals surface area contributed by atoms with Gasteiger partial charge in [0.2, 0.25) is 0 Å². The number of nitrogens with zero attached hydrogens (tertiary/aromatic N) is 1. The summed E-state index contributed by atoms with van der Waals surface area (Å²) in [5.41, 5.74) is 0.105. The predicted octanol–water partition coefficient (Wildman–Crippen LogP) is 2.66. The molecular formula is C12H17ClN2O3. The lowest BCUT2D eigenvalue weighted by Crippen LogP contribution is -2.14. The van der Waals surface area contributed by atoms with E-state index in [0.29, 0.717) is 19.8 Å². The van der Waals surface area contributed by atoms with Crippen LogP contribution in [-0.2, 0) is 4.74 Å². The molecule has 0 unspecified atom stereocenters. The van der Waals surface area contributed by atoms with Crippen LogP contribution < -0.4 is 5.32 Å². The van der Waals surface area contributed by atoms with Gasteiger partial charge in [-0.15, -0.1) is 0 Å². The molecule has 6 heteroatoms. The lowest BCUT2D eigenvalue weighted by atomic mass is 10.2. The van der Waals surface area contributed by atoms with Gasteiger partial charge < -0.3 is 15.2 Å². The number of hydrogen-bond acceptors (Lipinski definition) is 4. The number of aromatic nitrogens is 1. The van der Waals surface area contributed by atoms with Crippen LogP contribution in [0.15, 0.2) is 12.1 Å². The Kier molecular flexibility index (Phi) is 6.46. The van der Waals surface area contributed by atoms with E-state index in [-0.39, 0.29) is 16.5 Å². The molecule has 0 saturated carbocycles. The van der Waals surface area contributed by atoms with E-state index in [4.69, 9.17) is 21.4 Å². The van der Waals surface area contributed by atoms with E-state index < -0.39 is 5.97 Å². The van der Waals surface area contributed by atoms with Crippen LogP contribution >= 0.6 is 11.6 Å². The summed E-state index contributed by atoms with van der Waals surface area (Å²) in [4.78, 5) is 14.9. The molecule has 0 aromatic carbocycles. The quantitative estimate of drug-likeness (QED) is 0.562. The number of pyridine rings is 1. The largest absolute Gasteiger partial charge is 0.478 e. The molecular weight excluding hydrogens is 256 g/mol. The Morgan fingerprint density at radius 3 is 2.94 bits per heavy atom. The fourth-order valence-corrected chi connectivity index (χ4v) is 1.48. The third-order valence-corrected chi connectivity index (χ3v) is 2.48. The number of rotatable bonds is 8. The molecule has 0 atom stereocenters. The molecule has 2 N–H and O–H groups in total. The molecule has 0 spiro atoms. The highest BCUT2D eigenvalue weighted by atomic mass is 35.5. The number of hydrogen-bond donors (Lipinski definition) is 2. The first kappa shape index (κ1) is 14.7. The molecule has 1 heterocycles. The van der Waals surface area contributed by atoms with Gasteiger partial charge in [0.25, 0.3) is 0 Å². The molecule has 0 aliphatic heterocycles. The van der Waals surface area contributed by atoms with Crippen molar-refractivity contribution in [1.82, 2.24) is 4.98 Å². The summed E-state index contributed by atoms with van der Waals surface area (Å²) in [7, 11) is 0. The lowest BCUT2D eigenvalue weighted by Gasteiger charge is -2.09. The first-order valence-corrected chi connectivity index (χ1v) is 6.24. The minimum Gasteiger partial charge on any atom is -0.478 e. The number of ether oxygens (including phenoxy) is 1. The maximum Gasteiger partial charge on any atom is 0.339 e. The van der Waals surface area contributed by atoms with Gasteiger partial charge in [-0.1, -0.05) is 24.9 Å². The third-order valence-electron chi connectivity index (χ3n) is 2.27. The van der Waals surface area contributed by atoms with E-state index >= 15 is 0 Å². The number of carbonyl (C=O) groups is 1. The highest BCUT2D eigenvalue weighted by Crippen LogP contribution is 2.16. The van der Waals surface area contributed by atoms with E-state index in [1.807, 2.05) is 0 Å². The summed E-state index contributed by atoms with van der Waals surface area (Å²) in [6.45, 7) is 3.81. The molecule has 100 valence electrons. The van der Waals surface area contributed by atoms with Crippen molar-refractivity contribution in [3.8, 4) is 0 Å². The van der Waals surface area contributed by atoms with Crippen molar-refractivity contribution in [2.24, 2.45) is 0 Å². The normalized spacial score (nSPS) is 10.3. The molecule has 18 heavy (non-hydrogen) atoms. The third kappa shape index (κ3) is 4.89. The van der Waals surface area contributed by atoms with Gasteiger partial charge in [-0.05, 0) is 18.6 Å². The second kappa shape index (κ2) is 7.89. The Morgan fingerprint density at radius 2 is 2.28 bits per heavy atom. The van der Waals surface area contributed by atoms with E-state index in [9.17, 15) is 4.79 Å². The molecule has 1 rings (SSSR count). The van der Waals surface area contributed by atoms with Gasteiger partial charge in [0.15, 0.2) is 0 Å². The highest BCUT2D eigenvalue weighted by molar-refractivity contribution is 6.29. The lowest BCUT2D eigenvalue weighted by molar-refractivity contribution is 0.0697. The van der Waals surface area contributed by atoms with Crippen LogP contribution in [-0.4, -0.2) is 35.8 Å². The topological polar surface area (TPSA) is 71.5 Å². The smallest absolute Gasteiger partial charge is 0.339 e. The zero-order valence-corrected chi connectivity index (χ0v) is 11.0. The number of carboxylic acids is 1. The van der Waals surface area contributed by atoms with Gasteiger partial charge in [0.1, 0.15) is 16.5 Å². The summed E-state index contributed by atoms with van der Waals surface area (Å²) < 4.78 is 5.36. The van der Waals surface area contributed by atoms with Crippen molar-refractivity contribution < 1.29 is 14.6 Å². The van der Waals surface area contributed by atoms with E-state index in [2.05, 4.69) is 17.2 Å². The minimum atomic E-state index is -1.03. The van der Waals surface area contributed by atoms with Crippen LogP contribution in [0.3, 0.4) is 0 Å². The van der Waals surface area contributed by atoms with Crippen molar-refractivity contribution in [1.29, 1.82) is 0 Å². The average molecular weight is 273 g/mol. The summed E-state index contributed by atoms with van der Waals surface area (Å²) in [5.74, 6) is -0.761. The number of anilines is 1. The first-order chi connectivity index (χ1) is 8.65. The summed E-state index contributed by atoms with van der Waals surface area (Å²) in [5, 5.41) is 12.1. The minimum absolute atomic E-state index is 0.105. The highest BCUT2D eigenvalue weighted by Gasteiger charge is 2.11. The number of nitrogens with one attached hydrogen (secondary N) is 1. The Bertz CT molecular complexity index is 399. The summed E-state index contributed by atoms with van der Waals surface area (Å²) in [6, 6.07) is 2.88. The molecule has 0 amide bonds. The van der Waals surface area contributed by atoms with Gasteiger partial charge >= 0.3 is 5.97 Å². The zero-order chi connectivity index (χ0) is 13.4. The second-order valence-electron chi connectivity index (χ2n) is 3.73. The van der Waals surface area contributed by atoms with Gasteiger partial charge in [0.05, 0.1) is 6.61 Å². The predicted molar refractivity (Wildman–Crippen MR) is 70.4 cm³/mol. The molecule has 1 aromatic heterocycles. The van der Waals surface area contributed by atoms with E-state index in [1.165, 1.54) is 12.1 Å². The Balaban J connectivity index is 2.45. The fourth-order valence-electron chi connectivity index (χ4n) is 1.33. The monoisotopic (exact) mass is 272 g/mol. The van der Waals surface area contributed by atoms with Gasteiger partial charge in [0, 0.05) is 13.2 Å². The average Bonchev–Trinajstić information content (AvgIpc) is 2.33. The summed E-state index contributed by atoms with van der Waals surface area (Å²) in [6.07, 6.45) is 2.11. The Hall–Kier alpha value is -1.33. The maximum absolute atomic E-state index is 11.0. The van der Waals surface area contributed by atoms with Gasteiger partial charge in [-0.25, -0.2) is 9.78 Å². The van der Waals surface area contributed by atoms with Crippen molar-refractivity contribution in [3.63, 3.8) is 0 Å². The number of aromatic carboxylic acids is 1. The molecule has 1 aromatic rings. The van der Waals surface area contributed by atoms with Crippen LogP contribution in [0.1, 0.15) is 30.1 Å². The van der Waals surface area contributed by atoms with Crippen molar-refractivity contribution >= 4 is 23.4 Å². The molecule has 0 fully saturated rings. The van der Waals surface area contributed by atoms with E-state index in [1.54, 1.807) is 0 Å². The van der Waals surface area contributed by atoms with Crippen LogP contribution in [0.2, 0.25) is 5.15 Å². The molecule has 0 aliphatic rings. The Labute approximate surface area is 111 Å². The molecule has 5 nitrogen and oxygen atoms in total. The van der Waals surface area contributed by atoms with Crippen LogP contribution in [0.25, 0.3) is 0 Å². The molecule has 0 aliphatic carbocycles. The standard InChI is InChI=1S/C12H17ClN2O3/c1-2-3-7-18-8-6-14-11-9(12(16)17)4-5-10(13)15-11/h4-5H,2-3,6-8H2,1H3,(H,14,15)(H,16,17). The van der Waals surface area contributed by atoms with Crippen LogP contribution in [0, 0.1) is 0 Å². The zero-order valence-electron chi connectivity index (χ0n) is 10.3.